The first-order chi connectivity index (χ1) is 10.7. The fourth-order valence-electron chi connectivity index (χ4n) is 2.57. The van der Waals surface area contributed by atoms with Crippen LogP contribution in [-0.4, -0.2) is 4.98 Å². The molecule has 1 heterocycles. The Kier molecular flexibility index (Phi) is 2.94. The highest BCUT2D eigenvalue weighted by Gasteiger charge is 2.11. The number of nitrogens with zero attached hydrogens (tertiary/aromatic N) is 1. The molecule has 0 amide bonds. The molecule has 4 rings (SSSR count). The van der Waals surface area contributed by atoms with Crippen molar-refractivity contribution >= 4 is 33.3 Å². The molecule has 0 aliphatic carbocycles. The molecule has 106 valence electrons. The SMILES string of the molecule is O=c1oc(-c2cccc3ccccc23)nc2cc(Cl)ccc12. The molecule has 0 fully saturated rings. The van der Waals surface area contributed by atoms with Gasteiger partial charge in [-0.3, -0.25) is 0 Å². The second-order valence-electron chi connectivity index (χ2n) is 4.99. The summed E-state index contributed by atoms with van der Waals surface area (Å²) in [5, 5.41) is 3.01. The Balaban J connectivity index is 2.06. The zero-order valence-corrected chi connectivity index (χ0v) is 12.2. The van der Waals surface area contributed by atoms with Crippen molar-refractivity contribution < 1.29 is 4.42 Å². The molecule has 1 aromatic heterocycles. The predicted octanol–water partition coefficient (Wildman–Crippen LogP) is 4.66. The molecule has 0 radical (unpaired) electrons. The van der Waals surface area contributed by atoms with Gasteiger partial charge in [0.25, 0.3) is 0 Å². The van der Waals surface area contributed by atoms with Crippen LogP contribution in [0, 0.1) is 0 Å². The Morgan fingerprint density at radius 2 is 1.73 bits per heavy atom. The van der Waals surface area contributed by atoms with E-state index in [1.54, 1.807) is 18.2 Å². The molecule has 0 aliphatic rings. The van der Waals surface area contributed by atoms with Crippen molar-refractivity contribution in [1.82, 2.24) is 4.98 Å². The number of hydrogen-bond donors (Lipinski definition) is 0. The molecule has 0 bridgehead atoms. The molecule has 0 saturated carbocycles. The molecule has 0 atom stereocenters. The van der Waals surface area contributed by atoms with Crippen molar-refractivity contribution in [3.63, 3.8) is 0 Å². The van der Waals surface area contributed by atoms with Gasteiger partial charge in [0.15, 0.2) is 0 Å². The van der Waals surface area contributed by atoms with Crippen LogP contribution in [0.25, 0.3) is 33.1 Å². The van der Waals surface area contributed by atoms with Crippen LogP contribution in [0.1, 0.15) is 0 Å². The number of fused-ring (bicyclic) bond motifs is 2. The topological polar surface area (TPSA) is 43.1 Å². The smallest absolute Gasteiger partial charge is 0.347 e. The minimum Gasteiger partial charge on any atom is -0.403 e. The molecule has 0 saturated heterocycles. The third-order valence-electron chi connectivity index (χ3n) is 3.61. The first kappa shape index (κ1) is 13.0. The van der Waals surface area contributed by atoms with Crippen molar-refractivity contribution in [2.75, 3.05) is 0 Å². The van der Waals surface area contributed by atoms with Crippen LogP contribution in [0.4, 0.5) is 0 Å². The van der Waals surface area contributed by atoms with Crippen LogP contribution in [0.3, 0.4) is 0 Å². The van der Waals surface area contributed by atoms with E-state index < -0.39 is 5.63 Å². The van der Waals surface area contributed by atoms with Crippen molar-refractivity contribution in [1.29, 1.82) is 0 Å². The van der Waals surface area contributed by atoms with Crippen LogP contribution < -0.4 is 5.63 Å². The molecule has 4 heteroatoms. The summed E-state index contributed by atoms with van der Waals surface area (Å²) in [4.78, 5) is 16.6. The Labute approximate surface area is 130 Å². The summed E-state index contributed by atoms with van der Waals surface area (Å²) in [6.07, 6.45) is 0. The lowest BCUT2D eigenvalue weighted by molar-refractivity contribution is 0.519. The summed E-state index contributed by atoms with van der Waals surface area (Å²) in [6, 6.07) is 18.7. The summed E-state index contributed by atoms with van der Waals surface area (Å²) in [5.74, 6) is 0.302. The van der Waals surface area contributed by atoms with E-state index in [9.17, 15) is 4.79 Å². The van der Waals surface area contributed by atoms with Gasteiger partial charge >= 0.3 is 5.63 Å². The van der Waals surface area contributed by atoms with E-state index in [2.05, 4.69) is 4.98 Å². The van der Waals surface area contributed by atoms with Crippen LogP contribution in [0.15, 0.2) is 69.9 Å². The fraction of sp³-hybridized carbons (Fsp3) is 0. The number of hydrogen-bond acceptors (Lipinski definition) is 3. The Morgan fingerprint density at radius 1 is 0.909 bits per heavy atom. The van der Waals surface area contributed by atoms with E-state index in [-0.39, 0.29) is 0 Å². The van der Waals surface area contributed by atoms with Crippen molar-refractivity contribution in [2.45, 2.75) is 0 Å². The summed E-state index contributed by atoms with van der Waals surface area (Å²) >= 11 is 5.99. The fourth-order valence-corrected chi connectivity index (χ4v) is 2.74. The van der Waals surface area contributed by atoms with E-state index in [1.807, 2.05) is 42.5 Å². The van der Waals surface area contributed by atoms with E-state index in [0.717, 1.165) is 16.3 Å². The Bertz CT molecular complexity index is 1060. The normalized spacial score (nSPS) is 11.1. The predicted molar refractivity (Wildman–Crippen MR) is 88.2 cm³/mol. The molecule has 3 nitrogen and oxygen atoms in total. The maximum Gasteiger partial charge on any atom is 0.347 e. The van der Waals surface area contributed by atoms with Crippen molar-refractivity contribution in [2.24, 2.45) is 0 Å². The molecular weight excluding hydrogens is 298 g/mol. The van der Waals surface area contributed by atoms with Gasteiger partial charge in [-0.2, -0.15) is 0 Å². The number of aromatic nitrogens is 1. The van der Waals surface area contributed by atoms with Gasteiger partial charge in [-0.15, -0.1) is 0 Å². The summed E-state index contributed by atoms with van der Waals surface area (Å²) in [5.41, 5.74) is 0.911. The lowest BCUT2D eigenvalue weighted by atomic mass is 10.0. The molecule has 4 aromatic rings. The molecule has 0 spiro atoms. The molecule has 0 aliphatic heterocycles. The van der Waals surface area contributed by atoms with Gasteiger partial charge in [-0.25, -0.2) is 9.78 Å². The van der Waals surface area contributed by atoms with Gasteiger partial charge in [0.05, 0.1) is 10.9 Å². The molecule has 3 aromatic carbocycles. The van der Waals surface area contributed by atoms with Crippen molar-refractivity contribution in [3.8, 4) is 11.5 Å². The summed E-state index contributed by atoms with van der Waals surface area (Å²) in [6.45, 7) is 0. The molecule has 0 N–H and O–H groups in total. The van der Waals surface area contributed by atoms with E-state index >= 15 is 0 Å². The average molecular weight is 308 g/mol. The van der Waals surface area contributed by atoms with Crippen LogP contribution >= 0.6 is 11.6 Å². The highest BCUT2D eigenvalue weighted by molar-refractivity contribution is 6.31. The van der Waals surface area contributed by atoms with Crippen LogP contribution in [0.5, 0.6) is 0 Å². The Hall–Kier alpha value is -2.65. The second kappa shape index (κ2) is 4.97. The Morgan fingerprint density at radius 3 is 2.64 bits per heavy atom. The first-order valence-corrected chi connectivity index (χ1v) is 7.19. The van der Waals surface area contributed by atoms with Gasteiger partial charge in [-0.1, -0.05) is 48.0 Å². The minimum atomic E-state index is -0.412. The molecule has 0 unspecified atom stereocenters. The third-order valence-corrected chi connectivity index (χ3v) is 3.85. The second-order valence-corrected chi connectivity index (χ2v) is 5.43. The molecule has 22 heavy (non-hydrogen) atoms. The van der Waals surface area contributed by atoms with Gasteiger partial charge < -0.3 is 4.42 Å². The quantitative estimate of drug-likeness (QED) is 0.513. The average Bonchev–Trinajstić information content (AvgIpc) is 2.53. The van der Waals surface area contributed by atoms with Gasteiger partial charge in [0.1, 0.15) is 0 Å². The highest BCUT2D eigenvalue weighted by atomic mass is 35.5. The lowest BCUT2D eigenvalue weighted by Crippen LogP contribution is -2.03. The monoisotopic (exact) mass is 307 g/mol. The zero-order valence-electron chi connectivity index (χ0n) is 11.4. The summed E-state index contributed by atoms with van der Waals surface area (Å²) < 4.78 is 5.41. The zero-order chi connectivity index (χ0) is 15.1. The van der Waals surface area contributed by atoms with Crippen LogP contribution in [0.2, 0.25) is 5.02 Å². The molecular formula is C18H10ClNO2. The largest absolute Gasteiger partial charge is 0.403 e. The van der Waals surface area contributed by atoms with Gasteiger partial charge in [0, 0.05) is 10.6 Å². The number of benzene rings is 3. The maximum atomic E-state index is 12.2. The number of halogens is 1. The minimum absolute atomic E-state index is 0.302. The summed E-state index contributed by atoms with van der Waals surface area (Å²) in [7, 11) is 0. The van der Waals surface area contributed by atoms with Gasteiger partial charge in [0.2, 0.25) is 5.89 Å². The first-order valence-electron chi connectivity index (χ1n) is 6.81. The van der Waals surface area contributed by atoms with Gasteiger partial charge in [-0.05, 0) is 35.0 Å². The van der Waals surface area contributed by atoms with Crippen molar-refractivity contribution in [3.05, 3.63) is 76.1 Å². The maximum absolute atomic E-state index is 12.2. The lowest BCUT2D eigenvalue weighted by Gasteiger charge is -2.05. The highest BCUT2D eigenvalue weighted by Crippen LogP contribution is 2.27. The third kappa shape index (κ3) is 2.07. The van der Waals surface area contributed by atoms with E-state index in [4.69, 9.17) is 16.0 Å². The van der Waals surface area contributed by atoms with Crippen LogP contribution in [-0.2, 0) is 0 Å². The van der Waals surface area contributed by atoms with E-state index in [0.29, 0.717) is 21.8 Å². The standard InChI is InChI=1S/C18H10ClNO2/c19-12-8-9-15-16(10-12)20-17(22-18(15)21)14-7-3-5-11-4-1-2-6-13(11)14/h1-10H. The van der Waals surface area contributed by atoms with E-state index in [1.165, 1.54) is 0 Å². The number of rotatable bonds is 1.